The molecule has 0 bridgehead atoms. The molecule has 6 nitrogen and oxygen atoms in total. The number of nitrogens with zero attached hydrogens (tertiary/aromatic N) is 1. The molecule has 0 fully saturated rings. The summed E-state index contributed by atoms with van der Waals surface area (Å²) < 4.78 is 39.1. The van der Waals surface area contributed by atoms with E-state index in [2.05, 4.69) is 27.2 Å². The van der Waals surface area contributed by atoms with Gasteiger partial charge in [-0.15, -0.1) is 0 Å². The summed E-state index contributed by atoms with van der Waals surface area (Å²) in [7, 11) is -3.92. The van der Waals surface area contributed by atoms with E-state index < -0.39 is 26.5 Å². The summed E-state index contributed by atoms with van der Waals surface area (Å²) in [6, 6.07) is 2.35. The molecule has 0 radical (unpaired) electrons. The molecular weight excluding hydrogens is 331 g/mol. The predicted octanol–water partition coefficient (Wildman–Crippen LogP) is 1.92. The third-order valence-electron chi connectivity index (χ3n) is 1.88. The minimum absolute atomic E-state index is 0.0685. The van der Waals surface area contributed by atoms with Gasteiger partial charge in [0.25, 0.3) is 0 Å². The molecule has 0 heterocycles. The van der Waals surface area contributed by atoms with Crippen molar-refractivity contribution in [3.8, 4) is 0 Å². The van der Waals surface area contributed by atoms with Crippen LogP contribution in [0.15, 0.2) is 34.2 Å². The molecule has 0 saturated carbocycles. The van der Waals surface area contributed by atoms with Gasteiger partial charge in [0, 0.05) is 23.2 Å². The third-order valence-corrected chi connectivity index (χ3v) is 3.56. The lowest BCUT2D eigenvalue weighted by atomic mass is 10.3. The lowest BCUT2D eigenvalue weighted by molar-refractivity contribution is -0.387. The Bertz CT molecular complexity index is 603. The number of nitro groups is 1. The smallest absolute Gasteiger partial charge is 0.258 e. The van der Waals surface area contributed by atoms with Gasteiger partial charge in [0.15, 0.2) is 0 Å². The molecule has 1 rings (SSSR count). The lowest BCUT2D eigenvalue weighted by Gasteiger charge is -2.05. The van der Waals surface area contributed by atoms with E-state index >= 15 is 0 Å². The quantitative estimate of drug-likeness (QED) is 0.656. The molecule has 0 aromatic heterocycles. The fraction of sp³-hybridized carbons (Fsp3) is 0.111. The first-order chi connectivity index (χ1) is 8.24. The zero-order valence-electron chi connectivity index (χ0n) is 8.89. The van der Waals surface area contributed by atoms with Crippen LogP contribution in [0.5, 0.6) is 0 Å². The standard InChI is InChI=1S/C9H8BrFN2O4S/c1-6(10)5-12-18(16,17)7-2-3-9(13(14)15)8(11)4-7/h2-4,12H,1,5H2. The molecule has 0 aliphatic rings. The van der Waals surface area contributed by atoms with Crippen LogP contribution in [-0.4, -0.2) is 19.9 Å². The second kappa shape index (κ2) is 5.55. The van der Waals surface area contributed by atoms with E-state index in [1.54, 1.807) is 0 Å². The van der Waals surface area contributed by atoms with Crippen molar-refractivity contribution in [2.24, 2.45) is 0 Å². The maximum atomic E-state index is 13.3. The van der Waals surface area contributed by atoms with Crippen molar-refractivity contribution < 1.29 is 17.7 Å². The summed E-state index contributed by atoms with van der Waals surface area (Å²) in [5.41, 5.74) is -0.779. The molecule has 9 heteroatoms. The Morgan fingerprint density at radius 2 is 2.17 bits per heavy atom. The summed E-state index contributed by atoms with van der Waals surface area (Å²) in [5, 5.41) is 10.4. The topological polar surface area (TPSA) is 89.3 Å². The Labute approximate surface area is 111 Å². The highest BCUT2D eigenvalue weighted by atomic mass is 79.9. The minimum Gasteiger partial charge on any atom is -0.258 e. The van der Waals surface area contributed by atoms with Crippen molar-refractivity contribution in [1.29, 1.82) is 0 Å². The van der Waals surface area contributed by atoms with Gasteiger partial charge in [-0.2, -0.15) is 4.39 Å². The van der Waals surface area contributed by atoms with Crippen molar-refractivity contribution in [2.45, 2.75) is 4.90 Å². The molecule has 18 heavy (non-hydrogen) atoms. The summed E-state index contributed by atoms with van der Waals surface area (Å²) >= 11 is 2.96. The summed E-state index contributed by atoms with van der Waals surface area (Å²) in [6.07, 6.45) is 0. The predicted molar refractivity (Wildman–Crippen MR) is 66.3 cm³/mol. The maximum absolute atomic E-state index is 13.3. The molecular formula is C9H8BrFN2O4S. The van der Waals surface area contributed by atoms with Crippen molar-refractivity contribution in [3.05, 3.63) is 45.2 Å². The monoisotopic (exact) mass is 338 g/mol. The van der Waals surface area contributed by atoms with Crippen LogP contribution in [0.1, 0.15) is 0 Å². The van der Waals surface area contributed by atoms with E-state index in [0.717, 1.165) is 12.1 Å². The number of hydrogen-bond acceptors (Lipinski definition) is 4. The second-order valence-corrected chi connectivity index (χ2v) is 6.10. The van der Waals surface area contributed by atoms with Gasteiger partial charge < -0.3 is 0 Å². The molecule has 1 aromatic carbocycles. The van der Waals surface area contributed by atoms with Crippen molar-refractivity contribution in [1.82, 2.24) is 4.72 Å². The van der Waals surface area contributed by atoms with Gasteiger partial charge in [-0.05, 0) is 6.07 Å². The highest BCUT2D eigenvalue weighted by molar-refractivity contribution is 9.11. The van der Waals surface area contributed by atoms with Crippen LogP contribution in [0, 0.1) is 15.9 Å². The van der Waals surface area contributed by atoms with Crippen molar-refractivity contribution >= 4 is 31.6 Å². The fourth-order valence-corrected chi connectivity index (χ4v) is 2.42. The molecule has 0 spiro atoms. The number of nitrogens with one attached hydrogen (secondary N) is 1. The van der Waals surface area contributed by atoms with Crippen LogP contribution in [0.3, 0.4) is 0 Å². The van der Waals surface area contributed by atoms with Gasteiger partial charge >= 0.3 is 5.69 Å². The maximum Gasteiger partial charge on any atom is 0.304 e. The number of sulfonamides is 1. The van der Waals surface area contributed by atoms with Gasteiger partial charge in [-0.25, -0.2) is 13.1 Å². The Kier molecular flexibility index (Phi) is 4.54. The summed E-state index contributed by atoms with van der Waals surface area (Å²) in [6.45, 7) is 3.36. The zero-order valence-corrected chi connectivity index (χ0v) is 11.3. The normalized spacial score (nSPS) is 11.2. The highest BCUT2D eigenvalue weighted by Crippen LogP contribution is 2.20. The molecule has 0 unspecified atom stereocenters. The zero-order chi connectivity index (χ0) is 13.9. The van der Waals surface area contributed by atoms with Crippen molar-refractivity contribution in [3.63, 3.8) is 0 Å². The number of hydrogen-bond donors (Lipinski definition) is 1. The van der Waals surface area contributed by atoms with Crippen LogP contribution in [-0.2, 0) is 10.0 Å². The summed E-state index contributed by atoms with van der Waals surface area (Å²) in [5.74, 6) is -1.21. The van der Waals surface area contributed by atoms with E-state index in [4.69, 9.17) is 0 Å². The van der Waals surface area contributed by atoms with Crippen LogP contribution in [0.25, 0.3) is 0 Å². The first kappa shape index (κ1) is 14.7. The van der Waals surface area contributed by atoms with E-state index in [-0.39, 0.29) is 11.4 Å². The van der Waals surface area contributed by atoms with Gasteiger partial charge in [0.05, 0.1) is 9.82 Å². The van der Waals surface area contributed by atoms with Crippen LogP contribution >= 0.6 is 15.9 Å². The first-order valence-corrected chi connectivity index (χ1v) is 6.78. The number of rotatable bonds is 5. The molecule has 0 atom stereocenters. The Morgan fingerprint density at radius 1 is 1.56 bits per heavy atom. The van der Waals surface area contributed by atoms with Crippen LogP contribution in [0.2, 0.25) is 0 Å². The van der Waals surface area contributed by atoms with E-state index in [9.17, 15) is 22.9 Å². The van der Waals surface area contributed by atoms with Gasteiger partial charge in [0.1, 0.15) is 0 Å². The number of nitro benzene ring substituents is 1. The minimum atomic E-state index is -3.92. The van der Waals surface area contributed by atoms with E-state index in [1.807, 2.05) is 0 Å². The van der Waals surface area contributed by atoms with E-state index in [0.29, 0.717) is 10.5 Å². The fourth-order valence-electron chi connectivity index (χ4n) is 1.06. The molecule has 0 saturated heterocycles. The average Bonchev–Trinajstić information content (AvgIpc) is 2.26. The van der Waals surface area contributed by atoms with Crippen molar-refractivity contribution in [2.75, 3.05) is 6.54 Å². The molecule has 0 aliphatic carbocycles. The Hall–Kier alpha value is -1.32. The van der Waals surface area contributed by atoms with Crippen LogP contribution < -0.4 is 4.72 Å². The van der Waals surface area contributed by atoms with Crippen LogP contribution in [0.4, 0.5) is 10.1 Å². The molecule has 1 N–H and O–H groups in total. The third kappa shape index (κ3) is 3.59. The molecule has 0 amide bonds. The molecule has 1 aromatic rings. The highest BCUT2D eigenvalue weighted by Gasteiger charge is 2.20. The molecule has 98 valence electrons. The van der Waals surface area contributed by atoms with E-state index in [1.165, 1.54) is 0 Å². The Balaban J connectivity index is 3.08. The van der Waals surface area contributed by atoms with Gasteiger partial charge in [0.2, 0.25) is 15.8 Å². The van der Waals surface area contributed by atoms with Gasteiger partial charge in [-0.1, -0.05) is 22.5 Å². The average molecular weight is 339 g/mol. The SMILES string of the molecule is C=C(Br)CNS(=O)(=O)c1ccc([N+](=O)[O-])c(F)c1. The number of benzene rings is 1. The molecule has 0 aliphatic heterocycles. The largest absolute Gasteiger partial charge is 0.304 e. The van der Waals surface area contributed by atoms with Gasteiger partial charge in [-0.3, -0.25) is 10.1 Å². The lowest BCUT2D eigenvalue weighted by Crippen LogP contribution is -2.24. The Morgan fingerprint density at radius 3 is 2.61 bits per heavy atom. The number of halogens is 2. The second-order valence-electron chi connectivity index (χ2n) is 3.21. The first-order valence-electron chi connectivity index (χ1n) is 4.51. The summed E-state index contributed by atoms with van der Waals surface area (Å²) in [4.78, 5) is 9.06.